The first-order valence-corrected chi connectivity index (χ1v) is 9.77. The predicted molar refractivity (Wildman–Crippen MR) is 114 cm³/mol. The summed E-state index contributed by atoms with van der Waals surface area (Å²) in [5.41, 5.74) is -0.252. The standard InChI is InChI=1S/C23H25NO6/c1-6-17(24-22(27)30-23(3,4)5)21(26)28-18-12-11-15-14-9-7-8-10-16(14)20(25)29-19(15)13(18)2/h7-12,17H,6H2,1-5H3,(H,24,27)/t17-/m0/s1. The lowest BCUT2D eigenvalue weighted by molar-refractivity contribution is -0.136. The van der Waals surface area contributed by atoms with Crippen LogP contribution in [0.2, 0.25) is 0 Å². The molecule has 0 aliphatic carbocycles. The number of aryl methyl sites for hydroxylation is 1. The molecule has 7 nitrogen and oxygen atoms in total. The van der Waals surface area contributed by atoms with E-state index in [4.69, 9.17) is 13.9 Å². The van der Waals surface area contributed by atoms with Crippen molar-refractivity contribution in [2.75, 3.05) is 0 Å². The van der Waals surface area contributed by atoms with Crippen molar-refractivity contribution in [2.45, 2.75) is 52.7 Å². The van der Waals surface area contributed by atoms with E-state index in [9.17, 15) is 14.4 Å². The predicted octanol–water partition coefficient (Wildman–Crippen LogP) is 4.46. The normalized spacial score (nSPS) is 12.6. The van der Waals surface area contributed by atoms with Gasteiger partial charge in [0.25, 0.3) is 0 Å². The Bertz CT molecular complexity index is 1170. The van der Waals surface area contributed by atoms with E-state index in [0.29, 0.717) is 23.0 Å². The molecule has 0 spiro atoms. The average Bonchev–Trinajstić information content (AvgIpc) is 2.67. The summed E-state index contributed by atoms with van der Waals surface area (Å²) < 4.78 is 16.2. The summed E-state index contributed by atoms with van der Waals surface area (Å²) >= 11 is 0. The number of hydrogen-bond acceptors (Lipinski definition) is 6. The van der Waals surface area contributed by atoms with E-state index in [2.05, 4.69) is 5.32 Å². The van der Waals surface area contributed by atoms with Gasteiger partial charge in [-0.2, -0.15) is 0 Å². The van der Waals surface area contributed by atoms with Crippen LogP contribution in [-0.4, -0.2) is 23.7 Å². The first-order chi connectivity index (χ1) is 14.1. The smallest absolute Gasteiger partial charge is 0.408 e. The second-order valence-electron chi connectivity index (χ2n) is 8.03. The van der Waals surface area contributed by atoms with Gasteiger partial charge in [-0.1, -0.05) is 25.1 Å². The van der Waals surface area contributed by atoms with Crippen LogP contribution in [0.15, 0.2) is 45.6 Å². The highest BCUT2D eigenvalue weighted by Crippen LogP contribution is 2.31. The molecule has 0 unspecified atom stereocenters. The molecule has 0 saturated heterocycles. The number of amides is 1. The second kappa shape index (κ2) is 8.18. The number of fused-ring (bicyclic) bond motifs is 3. The maximum absolute atomic E-state index is 12.6. The molecule has 0 radical (unpaired) electrons. The summed E-state index contributed by atoms with van der Waals surface area (Å²) in [6.07, 6.45) is -0.372. The van der Waals surface area contributed by atoms with Crippen LogP contribution in [0.5, 0.6) is 5.75 Å². The zero-order valence-electron chi connectivity index (χ0n) is 17.7. The molecular formula is C23H25NO6. The summed E-state index contributed by atoms with van der Waals surface area (Å²) in [5.74, 6) is -0.371. The molecule has 1 amide bonds. The molecule has 0 bridgehead atoms. The van der Waals surface area contributed by atoms with Gasteiger partial charge in [0.15, 0.2) is 0 Å². The molecule has 30 heavy (non-hydrogen) atoms. The lowest BCUT2D eigenvalue weighted by Crippen LogP contribution is -2.44. The van der Waals surface area contributed by atoms with Gasteiger partial charge in [-0.25, -0.2) is 14.4 Å². The van der Waals surface area contributed by atoms with Crippen LogP contribution in [0, 0.1) is 6.92 Å². The van der Waals surface area contributed by atoms with Gasteiger partial charge in [-0.3, -0.25) is 0 Å². The highest BCUT2D eigenvalue weighted by molar-refractivity contribution is 6.05. The first-order valence-electron chi connectivity index (χ1n) is 9.77. The van der Waals surface area contributed by atoms with Crippen LogP contribution in [0.3, 0.4) is 0 Å². The number of esters is 1. The number of hydrogen-bond donors (Lipinski definition) is 1. The molecule has 1 N–H and O–H groups in total. The maximum atomic E-state index is 12.6. The van der Waals surface area contributed by atoms with Crippen molar-refractivity contribution in [1.82, 2.24) is 5.32 Å². The van der Waals surface area contributed by atoms with Crippen molar-refractivity contribution in [3.05, 3.63) is 52.4 Å². The molecule has 1 heterocycles. The number of benzene rings is 2. The van der Waals surface area contributed by atoms with Gasteiger partial charge in [0, 0.05) is 10.9 Å². The Morgan fingerprint density at radius 2 is 1.73 bits per heavy atom. The molecule has 158 valence electrons. The molecule has 1 aromatic heterocycles. The number of carbonyl (C=O) groups is 2. The van der Waals surface area contributed by atoms with Crippen molar-refractivity contribution in [2.24, 2.45) is 0 Å². The zero-order chi connectivity index (χ0) is 22.1. The molecule has 7 heteroatoms. The molecule has 0 saturated carbocycles. The Labute approximate surface area is 174 Å². The van der Waals surface area contributed by atoms with Gasteiger partial charge in [0.2, 0.25) is 0 Å². The van der Waals surface area contributed by atoms with Crippen molar-refractivity contribution < 1.29 is 23.5 Å². The van der Waals surface area contributed by atoms with Crippen molar-refractivity contribution in [1.29, 1.82) is 0 Å². The number of rotatable bonds is 4. The Morgan fingerprint density at radius 3 is 2.37 bits per heavy atom. The van der Waals surface area contributed by atoms with Crippen LogP contribution in [0.4, 0.5) is 4.79 Å². The van der Waals surface area contributed by atoms with Crippen molar-refractivity contribution in [3.63, 3.8) is 0 Å². The van der Waals surface area contributed by atoms with Crippen LogP contribution >= 0.6 is 0 Å². The zero-order valence-corrected chi connectivity index (χ0v) is 17.7. The molecule has 2 aromatic carbocycles. The fourth-order valence-electron chi connectivity index (χ4n) is 3.13. The molecule has 1 atom stereocenters. The summed E-state index contributed by atoms with van der Waals surface area (Å²) in [5, 5.41) is 4.53. The van der Waals surface area contributed by atoms with Crippen molar-refractivity contribution in [3.8, 4) is 5.75 Å². The molecule has 0 aliphatic rings. The largest absolute Gasteiger partial charge is 0.444 e. The van der Waals surface area contributed by atoms with E-state index in [-0.39, 0.29) is 5.75 Å². The molecular weight excluding hydrogens is 386 g/mol. The van der Waals surface area contributed by atoms with Gasteiger partial charge < -0.3 is 19.2 Å². The fraction of sp³-hybridized carbons (Fsp3) is 0.348. The molecule has 0 fully saturated rings. The highest BCUT2D eigenvalue weighted by atomic mass is 16.6. The van der Waals surface area contributed by atoms with Crippen LogP contribution in [0.25, 0.3) is 21.7 Å². The maximum Gasteiger partial charge on any atom is 0.408 e. The minimum absolute atomic E-state index is 0.260. The van der Waals surface area contributed by atoms with E-state index in [0.717, 1.165) is 10.8 Å². The number of carbonyl (C=O) groups excluding carboxylic acids is 2. The minimum Gasteiger partial charge on any atom is -0.444 e. The Balaban J connectivity index is 1.89. The average molecular weight is 411 g/mol. The number of ether oxygens (including phenoxy) is 2. The third-order valence-electron chi connectivity index (χ3n) is 4.58. The van der Waals surface area contributed by atoms with E-state index < -0.39 is 29.3 Å². The Morgan fingerprint density at radius 1 is 1.07 bits per heavy atom. The number of alkyl carbamates (subject to hydrolysis) is 1. The summed E-state index contributed by atoms with van der Waals surface area (Å²) in [4.78, 5) is 37.0. The lowest BCUT2D eigenvalue weighted by atomic mass is 10.0. The summed E-state index contributed by atoms with van der Waals surface area (Å²) in [6.45, 7) is 8.68. The monoisotopic (exact) mass is 411 g/mol. The van der Waals surface area contributed by atoms with Gasteiger partial charge in [-0.05, 0) is 57.7 Å². The Kier molecular flexibility index (Phi) is 5.82. The SMILES string of the molecule is CC[C@H](NC(=O)OC(C)(C)C)C(=O)Oc1ccc2c(oc(=O)c3ccccc32)c1C. The second-order valence-corrected chi connectivity index (χ2v) is 8.03. The lowest BCUT2D eigenvalue weighted by Gasteiger charge is -2.22. The van der Waals surface area contributed by atoms with Crippen LogP contribution in [0.1, 0.15) is 39.7 Å². The van der Waals surface area contributed by atoms with Crippen LogP contribution in [-0.2, 0) is 9.53 Å². The van der Waals surface area contributed by atoms with Gasteiger partial charge in [-0.15, -0.1) is 0 Å². The quantitative estimate of drug-likeness (QED) is 0.295. The number of nitrogens with one attached hydrogen (secondary N) is 1. The summed E-state index contributed by atoms with van der Waals surface area (Å²) in [6, 6.07) is 9.70. The van der Waals surface area contributed by atoms with Crippen molar-refractivity contribution >= 4 is 33.8 Å². The topological polar surface area (TPSA) is 94.8 Å². The Hall–Kier alpha value is -3.35. The summed E-state index contributed by atoms with van der Waals surface area (Å²) in [7, 11) is 0. The molecule has 0 aliphatic heterocycles. The van der Waals surface area contributed by atoms with Crippen LogP contribution < -0.4 is 15.7 Å². The van der Waals surface area contributed by atoms with Gasteiger partial charge in [0.1, 0.15) is 23.0 Å². The first kappa shape index (κ1) is 21.4. The van der Waals surface area contributed by atoms with Gasteiger partial charge in [0.05, 0.1) is 5.39 Å². The molecule has 3 aromatic rings. The van der Waals surface area contributed by atoms with E-state index in [1.807, 2.05) is 12.1 Å². The fourth-order valence-corrected chi connectivity index (χ4v) is 3.13. The third-order valence-corrected chi connectivity index (χ3v) is 4.58. The van der Waals surface area contributed by atoms with Gasteiger partial charge >= 0.3 is 17.7 Å². The highest BCUT2D eigenvalue weighted by Gasteiger charge is 2.25. The third kappa shape index (κ3) is 4.45. The minimum atomic E-state index is -0.876. The van der Waals surface area contributed by atoms with E-state index in [1.165, 1.54) is 0 Å². The molecule has 3 rings (SSSR count). The van der Waals surface area contributed by atoms with E-state index in [1.54, 1.807) is 58.9 Å². The van der Waals surface area contributed by atoms with E-state index >= 15 is 0 Å².